The number of hydrogen-bond donors (Lipinski definition) is 1. The number of sulfonamides is 1. The number of piperidine rings is 1. The zero-order valence-electron chi connectivity index (χ0n) is 13.5. The Morgan fingerprint density at radius 3 is 2.35 bits per heavy atom. The van der Waals surface area contributed by atoms with Gasteiger partial charge in [-0.15, -0.1) is 0 Å². The first-order valence-electron chi connectivity index (χ1n) is 7.86. The summed E-state index contributed by atoms with van der Waals surface area (Å²) >= 11 is 0. The van der Waals surface area contributed by atoms with Crippen molar-refractivity contribution in [1.29, 1.82) is 0 Å². The Balaban J connectivity index is 1.91. The van der Waals surface area contributed by atoms with E-state index in [1.165, 1.54) is 24.3 Å². The standard InChI is InChI=1S/C16H23FN2O3S/c1-12-4-3-5-13(2)19(12)23(21,22)11-10-18-16(20)14-6-8-15(17)9-7-14/h6-9,12-13H,3-5,10-11H2,1-2H3,(H,18,20)/t12-,13+. The molecule has 0 unspecified atom stereocenters. The fraction of sp³-hybridized carbons (Fsp3) is 0.562. The molecule has 0 aromatic heterocycles. The van der Waals surface area contributed by atoms with Crippen molar-refractivity contribution in [3.05, 3.63) is 35.6 Å². The van der Waals surface area contributed by atoms with E-state index < -0.39 is 21.7 Å². The second kappa shape index (κ2) is 7.40. The van der Waals surface area contributed by atoms with Crippen LogP contribution in [0.3, 0.4) is 0 Å². The third-order valence-electron chi connectivity index (χ3n) is 4.19. The molecule has 2 atom stereocenters. The lowest BCUT2D eigenvalue weighted by Crippen LogP contribution is -2.49. The molecule has 5 nitrogen and oxygen atoms in total. The van der Waals surface area contributed by atoms with E-state index in [9.17, 15) is 17.6 Å². The minimum absolute atomic E-state index is 0.00319. The minimum Gasteiger partial charge on any atom is -0.351 e. The Kier molecular flexibility index (Phi) is 5.75. The van der Waals surface area contributed by atoms with Gasteiger partial charge < -0.3 is 5.32 Å². The monoisotopic (exact) mass is 342 g/mol. The van der Waals surface area contributed by atoms with Crippen molar-refractivity contribution < 1.29 is 17.6 Å². The van der Waals surface area contributed by atoms with Crippen LogP contribution < -0.4 is 5.32 Å². The summed E-state index contributed by atoms with van der Waals surface area (Å²) in [6.45, 7) is 3.88. The van der Waals surface area contributed by atoms with E-state index in [2.05, 4.69) is 5.32 Å². The van der Waals surface area contributed by atoms with Crippen molar-refractivity contribution in [3.63, 3.8) is 0 Å². The van der Waals surface area contributed by atoms with E-state index in [4.69, 9.17) is 0 Å². The lowest BCUT2D eigenvalue weighted by atomic mass is 10.0. The first-order chi connectivity index (χ1) is 10.8. The fourth-order valence-electron chi connectivity index (χ4n) is 3.05. The predicted octanol–water partition coefficient (Wildman–Crippen LogP) is 2.15. The van der Waals surface area contributed by atoms with Crippen LogP contribution in [0.15, 0.2) is 24.3 Å². The highest BCUT2D eigenvalue weighted by Crippen LogP contribution is 2.25. The Hall–Kier alpha value is -1.47. The van der Waals surface area contributed by atoms with Gasteiger partial charge in [-0.2, -0.15) is 4.31 Å². The van der Waals surface area contributed by atoms with Crippen LogP contribution in [0.25, 0.3) is 0 Å². The van der Waals surface area contributed by atoms with E-state index in [1.54, 1.807) is 4.31 Å². The van der Waals surface area contributed by atoms with Crippen LogP contribution in [-0.2, 0) is 10.0 Å². The first-order valence-corrected chi connectivity index (χ1v) is 9.47. The minimum atomic E-state index is -3.41. The Morgan fingerprint density at radius 1 is 1.22 bits per heavy atom. The van der Waals surface area contributed by atoms with Crippen LogP contribution in [-0.4, -0.2) is 43.0 Å². The molecular formula is C16H23FN2O3S. The molecule has 0 bridgehead atoms. The van der Waals surface area contributed by atoms with Crippen molar-refractivity contribution in [2.75, 3.05) is 12.3 Å². The average molecular weight is 342 g/mol. The molecule has 0 radical (unpaired) electrons. The molecule has 128 valence electrons. The van der Waals surface area contributed by atoms with Crippen LogP contribution in [0.2, 0.25) is 0 Å². The van der Waals surface area contributed by atoms with Gasteiger partial charge in [0.2, 0.25) is 10.0 Å². The van der Waals surface area contributed by atoms with Crippen molar-refractivity contribution in [2.24, 2.45) is 0 Å². The van der Waals surface area contributed by atoms with Gasteiger partial charge in [0.25, 0.3) is 5.91 Å². The number of rotatable bonds is 5. The number of carbonyl (C=O) groups is 1. The predicted molar refractivity (Wildman–Crippen MR) is 87.1 cm³/mol. The summed E-state index contributed by atoms with van der Waals surface area (Å²) in [6, 6.07) is 5.13. The molecule has 1 aliphatic rings. The van der Waals surface area contributed by atoms with Crippen molar-refractivity contribution >= 4 is 15.9 Å². The maximum absolute atomic E-state index is 12.8. The van der Waals surface area contributed by atoms with Crippen LogP contribution in [0, 0.1) is 5.82 Å². The molecule has 1 heterocycles. The van der Waals surface area contributed by atoms with Gasteiger partial charge in [0.05, 0.1) is 5.75 Å². The number of nitrogens with zero attached hydrogens (tertiary/aromatic N) is 1. The highest BCUT2D eigenvalue weighted by atomic mass is 32.2. The molecule has 23 heavy (non-hydrogen) atoms. The van der Waals surface area contributed by atoms with Gasteiger partial charge in [0.15, 0.2) is 0 Å². The molecule has 7 heteroatoms. The van der Waals surface area contributed by atoms with Crippen molar-refractivity contribution in [3.8, 4) is 0 Å². The zero-order chi connectivity index (χ0) is 17.0. The summed E-state index contributed by atoms with van der Waals surface area (Å²) in [5.74, 6) is -0.952. The second-order valence-electron chi connectivity index (χ2n) is 6.04. The van der Waals surface area contributed by atoms with Gasteiger partial charge in [-0.05, 0) is 51.0 Å². The van der Waals surface area contributed by atoms with Gasteiger partial charge >= 0.3 is 0 Å². The molecule has 2 rings (SSSR count). The zero-order valence-corrected chi connectivity index (χ0v) is 14.3. The highest BCUT2D eigenvalue weighted by Gasteiger charge is 2.34. The smallest absolute Gasteiger partial charge is 0.251 e. The summed E-state index contributed by atoms with van der Waals surface area (Å²) in [5.41, 5.74) is 0.309. The SMILES string of the molecule is C[C@@H]1CCC[C@H](C)N1S(=O)(=O)CCNC(=O)c1ccc(F)cc1. The molecule has 1 aromatic carbocycles. The molecule has 1 amide bonds. The number of carbonyl (C=O) groups excluding carboxylic acids is 1. The number of benzene rings is 1. The van der Waals surface area contributed by atoms with E-state index in [0.717, 1.165) is 19.3 Å². The number of nitrogens with one attached hydrogen (secondary N) is 1. The van der Waals surface area contributed by atoms with E-state index >= 15 is 0 Å². The highest BCUT2D eigenvalue weighted by molar-refractivity contribution is 7.89. The maximum Gasteiger partial charge on any atom is 0.251 e. The number of hydrogen-bond acceptors (Lipinski definition) is 3. The lowest BCUT2D eigenvalue weighted by Gasteiger charge is -2.37. The summed E-state index contributed by atoms with van der Waals surface area (Å²) in [5, 5.41) is 2.58. The van der Waals surface area contributed by atoms with Gasteiger partial charge in [-0.1, -0.05) is 6.42 Å². The summed E-state index contributed by atoms with van der Waals surface area (Å²) in [6.07, 6.45) is 2.77. The largest absolute Gasteiger partial charge is 0.351 e. The van der Waals surface area contributed by atoms with E-state index in [1.807, 2.05) is 13.8 Å². The first kappa shape index (κ1) is 17.9. The molecule has 0 saturated carbocycles. The third-order valence-corrected chi connectivity index (χ3v) is 6.27. The number of halogens is 1. The molecule has 1 fully saturated rings. The summed E-state index contributed by atoms with van der Waals surface area (Å²) in [7, 11) is -3.41. The molecule has 1 aliphatic heterocycles. The van der Waals surface area contributed by atoms with Crippen molar-refractivity contribution in [1.82, 2.24) is 9.62 Å². The molecule has 0 aliphatic carbocycles. The average Bonchev–Trinajstić information content (AvgIpc) is 2.47. The van der Waals surface area contributed by atoms with Crippen LogP contribution >= 0.6 is 0 Å². The summed E-state index contributed by atoms with van der Waals surface area (Å²) < 4.78 is 39.4. The molecule has 0 spiro atoms. The molecule has 1 saturated heterocycles. The van der Waals surface area contributed by atoms with Gasteiger partial charge in [-0.3, -0.25) is 4.79 Å². The van der Waals surface area contributed by atoms with E-state index in [-0.39, 0.29) is 24.4 Å². The maximum atomic E-state index is 12.8. The molecular weight excluding hydrogens is 319 g/mol. The van der Waals surface area contributed by atoms with Gasteiger partial charge in [-0.25, -0.2) is 12.8 Å². The lowest BCUT2D eigenvalue weighted by molar-refractivity contribution is 0.0956. The second-order valence-corrected chi connectivity index (χ2v) is 8.03. The van der Waals surface area contributed by atoms with Crippen LogP contribution in [0.4, 0.5) is 4.39 Å². The summed E-state index contributed by atoms with van der Waals surface area (Å²) in [4.78, 5) is 11.9. The Morgan fingerprint density at radius 2 is 1.78 bits per heavy atom. The van der Waals surface area contributed by atoms with Gasteiger partial charge in [0, 0.05) is 24.2 Å². The van der Waals surface area contributed by atoms with Gasteiger partial charge in [0.1, 0.15) is 5.82 Å². The van der Waals surface area contributed by atoms with Crippen LogP contribution in [0.5, 0.6) is 0 Å². The quantitative estimate of drug-likeness (QED) is 0.891. The Bertz CT molecular complexity index is 636. The van der Waals surface area contributed by atoms with Crippen molar-refractivity contribution in [2.45, 2.75) is 45.2 Å². The number of amides is 1. The van der Waals surface area contributed by atoms with E-state index in [0.29, 0.717) is 5.56 Å². The fourth-order valence-corrected chi connectivity index (χ4v) is 4.93. The molecule has 1 N–H and O–H groups in total. The third kappa shape index (κ3) is 4.51. The molecule has 1 aromatic rings. The Labute approximate surface area is 136 Å². The van der Waals surface area contributed by atoms with Crippen LogP contribution in [0.1, 0.15) is 43.5 Å². The topological polar surface area (TPSA) is 66.5 Å². The normalized spacial score (nSPS) is 22.7.